The van der Waals surface area contributed by atoms with E-state index in [2.05, 4.69) is 13.2 Å². The molecular weight excluding hydrogens is 206 g/mol. The predicted molar refractivity (Wildman–Crippen MR) is 68.1 cm³/mol. The molecule has 0 aromatic rings. The third kappa shape index (κ3) is 3.11. The molecule has 2 nitrogen and oxygen atoms in total. The van der Waals surface area contributed by atoms with Crippen LogP contribution in [-0.2, 0) is 0 Å². The maximum atomic E-state index is 10.3. The minimum atomic E-state index is -0.188. The highest BCUT2D eigenvalue weighted by Crippen LogP contribution is 2.45. The number of thioether (sulfide) groups is 1. The Kier molecular flexibility index (Phi) is 5.44. The zero-order valence-electron chi connectivity index (χ0n) is 10.0. The maximum Gasteiger partial charge on any atom is 0.0616 e. The van der Waals surface area contributed by atoms with Gasteiger partial charge in [-0.1, -0.05) is 13.3 Å². The molecule has 0 amide bonds. The van der Waals surface area contributed by atoms with E-state index in [0.717, 1.165) is 30.9 Å². The minimum Gasteiger partial charge on any atom is -0.392 e. The van der Waals surface area contributed by atoms with Crippen molar-refractivity contribution in [3.05, 3.63) is 0 Å². The van der Waals surface area contributed by atoms with Crippen LogP contribution < -0.4 is 5.73 Å². The van der Waals surface area contributed by atoms with E-state index in [1.54, 1.807) is 11.8 Å². The van der Waals surface area contributed by atoms with E-state index < -0.39 is 0 Å². The molecule has 0 saturated heterocycles. The normalized spacial score (nSPS) is 33.2. The van der Waals surface area contributed by atoms with Crippen LogP contribution in [0, 0.1) is 11.3 Å². The average Bonchev–Trinajstić information content (AvgIpc) is 2.70. The van der Waals surface area contributed by atoms with Gasteiger partial charge in [-0.3, -0.25) is 0 Å². The van der Waals surface area contributed by atoms with Crippen molar-refractivity contribution in [3.63, 3.8) is 0 Å². The quantitative estimate of drug-likeness (QED) is 0.737. The van der Waals surface area contributed by atoms with E-state index in [9.17, 15) is 5.11 Å². The Bertz CT molecular complexity index is 188. The van der Waals surface area contributed by atoms with Gasteiger partial charge in [0.15, 0.2) is 0 Å². The van der Waals surface area contributed by atoms with Crippen LogP contribution in [0.1, 0.15) is 39.0 Å². The van der Waals surface area contributed by atoms with Gasteiger partial charge in [0.05, 0.1) is 6.10 Å². The number of rotatable bonds is 6. The Morgan fingerprint density at radius 2 is 2.33 bits per heavy atom. The summed E-state index contributed by atoms with van der Waals surface area (Å²) in [6.45, 7) is 2.89. The van der Waals surface area contributed by atoms with E-state index in [1.165, 1.54) is 12.8 Å². The van der Waals surface area contributed by atoms with Crippen molar-refractivity contribution in [2.24, 2.45) is 17.1 Å². The van der Waals surface area contributed by atoms with Crippen LogP contribution in [0.3, 0.4) is 0 Å². The predicted octanol–water partition coefficient (Wildman–Crippen LogP) is 2.26. The SMILES string of the molecule is CCC1CCC(CN)(C(O)CCSC)C1. The molecule has 3 heteroatoms. The molecule has 90 valence electrons. The van der Waals surface area contributed by atoms with Crippen LogP contribution in [0.4, 0.5) is 0 Å². The van der Waals surface area contributed by atoms with Crippen molar-refractivity contribution < 1.29 is 5.11 Å². The second kappa shape index (κ2) is 6.12. The third-order valence-electron chi connectivity index (χ3n) is 4.03. The molecule has 15 heavy (non-hydrogen) atoms. The summed E-state index contributed by atoms with van der Waals surface area (Å²) in [5.41, 5.74) is 5.93. The summed E-state index contributed by atoms with van der Waals surface area (Å²) in [5.74, 6) is 1.83. The molecule has 0 aliphatic heterocycles. The highest BCUT2D eigenvalue weighted by atomic mass is 32.2. The fraction of sp³-hybridized carbons (Fsp3) is 1.00. The molecule has 1 saturated carbocycles. The lowest BCUT2D eigenvalue weighted by Gasteiger charge is -2.33. The molecule has 1 rings (SSSR count). The standard InChI is InChI=1S/C12H25NOS/c1-3-10-4-6-12(8-10,9-13)11(14)5-7-15-2/h10-11,14H,3-9,13H2,1-2H3. The fourth-order valence-electron chi connectivity index (χ4n) is 2.78. The molecule has 1 aliphatic rings. The summed E-state index contributed by atoms with van der Waals surface area (Å²) in [6.07, 6.45) is 7.54. The van der Waals surface area contributed by atoms with Crippen molar-refractivity contribution in [1.82, 2.24) is 0 Å². The molecule has 1 fully saturated rings. The monoisotopic (exact) mass is 231 g/mol. The topological polar surface area (TPSA) is 46.2 Å². The van der Waals surface area contributed by atoms with Crippen molar-refractivity contribution in [2.75, 3.05) is 18.6 Å². The lowest BCUT2D eigenvalue weighted by atomic mass is 9.78. The van der Waals surface area contributed by atoms with Gasteiger partial charge in [0.2, 0.25) is 0 Å². The molecule has 0 bridgehead atoms. The van der Waals surface area contributed by atoms with Gasteiger partial charge < -0.3 is 10.8 Å². The zero-order valence-corrected chi connectivity index (χ0v) is 10.9. The number of aliphatic hydroxyl groups is 1. The maximum absolute atomic E-state index is 10.3. The van der Waals surface area contributed by atoms with Gasteiger partial charge in [-0.2, -0.15) is 11.8 Å². The number of hydrogen-bond donors (Lipinski definition) is 2. The highest BCUT2D eigenvalue weighted by molar-refractivity contribution is 7.98. The van der Waals surface area contributed by atoms with Gasteiger partial charge in [-0.25, -0.2) is 0 Å². The first-order chi connectivity index (χ1) is 7.18. The second-order valence-electron chi connectivity index (χ2n) is 4.88. The summed E-state index contributed by atoms with van der Waals surface area (Å²) in [7, 11) is 0. The van der Waals surface area contributed by atoms with Crippen LogP contribution in [0.15, 0.2) is 0 Å². The van der Waals surface area contributed by atoms with Gasteiger partial charge in [0.1, 0.15) is 0 Å². The van der Waals surface area contributed by atoms with E-state index in [1.807, 2.05) is 0 Å². The Labute approximate surface area is 98.0 Å². The number of aliphatic hydroxyl groups excluding tert-OH is 1. The third-order valence-corrected chi connectivity index (χ3v) is 4.68. The van der Waals surface area contributed by atoms with Crippen LogP contribution in [0.2, 0.25) is 0 Å². The van der Waals surface area contributed by atoms with Crippen LogP contribution >= 0.6 is 11.8 Å². The smallest absolute Gasteiger partial charge is 0.0616 e. The molecule has 0 aromatic heterocycles. The van der Waals surface area contributed by atoms with Crippen molar-refractivity contribution in [2.45, 2.75) is 45.1 Å². The number of hydrogen-bond acceptors (Lipinski definition) is 3. The molecule has 0 heterocycles. The highest BCUT2D eigenvalue weighted by Gasteiger charge is 2.42. The van der Waals surface area contributed by atoms with Crippen LogP contribution in [0.25, 0.3) is 0 Å². The zero-order chi connectivity index (χ0) is 11.3. The summed E-state index contributed by atoms with van der Waals surface area (Å²) < 4.78 is 0. The molecular formula is C12H25NOS. The van der Waals surface area contributed by atoms with Gasteiger partial charge in [0, 0.05) is 12.0 Å². The summed E-state index contributed by atoms with van der Waals surface area (Å²) in [6, 6.07) is 0. The molecule has 3 N–H and O–H groups in total. The summed E-state index contributed by atoms with van der Waals surface area (Å²) >= 11 is 1.80. The van der Waals surface area contributed by atoms with Crippen molar-refractivity contribution in [3.8, 4) is 0 Å². The minimum absolute atomic E-state index is 0.0381. The van der Waals surface area contributed by atoms with Crippen LogP contribution in [-0.4, -0.2) is 29.8 Å². The first-order valence-electron chi connectivity index (χ1n) is 6.05. The summed E-state index contributed by atoms with van der Waals surface area (Å²) in [5, 5.41) is 10.3. The largest absolute Gasteiger partial charge is 0.392 e. The molecule has 0 radical (unpaired) electrons. The lowest BCUT2D eigenvalue weighted by molar-refractivity contribution is 0.0297. The first kappa shape index (κ1) is 13.3. The second-order valence-corrected chi connectivity index (χ2v) is 5.87. The van der Waals surface area contributed by atoms with Gasteiger partial charge in [-0.05, 0) is 43.6 Å². The summed E-state index contributed by atoms with van der Waals surface area (Å²) in [4.78, 5) is 0. The first-order valence-corrected chi connectivity index (χ1v) is 7.45. The van der Waals surface area contributed by atoms with Crippen molar-refractivity contribution in [1.29, 1.82) is 0 Å². The van der Waals surface area contributed by atoms with Gasteiger partial charge in [-0.15, -0.1) is 0 Å². The van der Waals surface area contributed by atoms with E-state index in [0.29, 0.717) is 6.54 Å². The molecule has 0 aromatic carbocycles. The Morgan fingerprint density at radius 1 is 1.60 bits per heavy atom. The van der Waals surface area contributed by atoms with Gasteiger partial charge in [0.25, 0.3) is 0 Å². The van der Waals surface area contributed by atoms with E-state index >= 15 is 0 Å². The molecule has 1 aliphatic carbocycles. The molecule has 3 unspecified atom stereocenters. The van der Waals surface area contributed by atoms with Crippen LogP contribution in [0.5, 0.6) is 0 Å². The van der Waals surface area contributed by atoms with Crippen molar-refractivity contribution >= 4 is 11.8 Å². The molecule has 0 spiro atoms. The average molecular weight is 231 g/mol. The van der Waals surface area contributed by atoms with E-state index in [4.69, 9.17) is 5.73 Å². The number of nitrogens with two attached hydrogens (primary N) is 1. The molecule has 3 atom stereocenters. The Morgan fingerprint density at radius 3 is 2.80 bits per heavy atom. The fourth-order valence-corrected chi connectivity index (χ4v) is 3.24. The Hall–Kier alpha value is 0.270. The van der Waals surface area contributed by atoms with Gasteiger partial charge >= 0.3 is 0 Å². The van der Waals surface area contributed by atoms with E-state index in [-0.39, 0.29) is 11.5 Å². The lowest BCUT2D eigenvalue weighted by Crippen LogP contribution is -2.40. The Balaban J connectivity index is 2.53.